The number of nitrogens with one attached hydrogen (secondary N) is 1. The van der Waals surface area contributed by atoms with Gasteiger partial charge in [0, 0.05) is 11.9 Å². The molecule has 92 valence electrons. The van der Waals surface area contributed by atoms with Crippen LogP contribution in [0.5, 0.6) is 0 Å². The molecule has 1 amide bonds. The third-order valence-electron chi connectivity index (χ3n) is 2.14. The van der Waals surface area contributed by atoms with E-state index in [1.165, 1.54) is 20.2 Å². The van der Waals surface area contributed by atoms with Gasteiger partial charge >= 0.3 is 5.97 Å². The lowest BCUT2D eigenvalue weighted by atomic mass is 10.2. The number of aryl methyl sites for hydroxylation is 1. The summed E-state index contributed by atoms with van der Waals surface area (Å²) in [5.74, 6) is -0.977. The van der Waals surface area contributed by atoms with Crippen molar-refractivity contribution >= 4 is 23.5 Å². The van der Waals surface area contributed by atoms with Crippen LogP contribution in [-0.2, 0) is 9.53 Å². The van der Waals surface area contributed by atoms with E-state index in [0.717, 1.165) is 0 Å². The van der Waals surface area contributed by atoms with E-state index in [9.17, 15) is 9.59 Å². The van der Waals surface area contributed by atoms with Crippen molar-refractivity contribution in [1.82, 2.24) is 10.3 Å². The lowest BCUT2D eigenvalue weighted by molar-refractivity contribution is -0.142. The Hall–Kier alpha value is -1.62. The van der Waals surface area contributed by atoms with Crippen LogP contribution in [0.2, 0.25) is 5.02 Å². The van der Waals surface area contributed by atoms with Gasteiger partial charge in [0.15, 0.2) is 0 Å². The summed E-state index contributed by atoms with van der Waals surface area (Å²) in [6, 6.07) is 0.851. The fourth-order valence-electron chi connectivity index (χ4n) is 1.20. The Balaban J connectivity index is 2.80. The minimum Gasteiger partial charge on any atom is -0.467 e. The molecule has 5 nitrogen and oxygen atoms in total. The highest BCUT2D eigenvalue weighted by Gasteiger charge is 2.18. The SMILES string of the molecule is COC(=O)C(C)NC(=O)c1cnc(C)cc1Cl. The summed E-state index contributed by atoms with van der Waals surface area (Å²) in [6.07, 6.45) is 1.37. The zero-order chi connectivity index (χ0) is 13.0. The Morgan fingerprint density at radius 3 is 2.71 bits per heavy atom. The van der Waals surface area contributed by atoms with Crippen LogP contribution in [0.15, 0.2) is 12.3 Å². The van der Waals surface area contributed by atoms with Crippen LogP contribution >= 0.6 is 11.6 Å². The van der Waals surface area contributed by atoms with Gasteiger partial charge in [-0.15, -0.1) is 0 Å². The average Bonchev–Trinajstić information content (AvgIpc) is 2.27. The number of hydrogen-bond donors (Lipinski definition) is 1. The highest BCUT2D eigenvalue weighted by Crippen LogP contribution is 2.15. The number of nitrogens with zero attached hydrogens (tertiary/aromatic N) is 1. The van der Waals surface area contributed by atoms with Gasteiger partial charge in [-0.3, -0.25) is 9.78 Å². The minimum atomic E-state index is -0.732. The average molecular weight is 257 g/mol. The Labute approximate surface area is 104 Å². The number of rotatable bonds is 3. The fraction of sp³-hybridized carbons (Fsp3) is 0.364. The number of amides is 1. The molecule has 0 aromatic carbocycles. The molecule has 0 bridgehead atoms. The fourth-order valence-corrected chi connectivity index (χ4v) is 1.50. The van der Waals surface area contributed by atoms with Gasteiger partial charge in [-0.25, -0.2) is 4.79 Å². The molecule has 1 aromatic rings. The molecule has 0 saturated carbocycles. The zero-order valence-corrected chi connectivity index (χ0v) is 10.5. The smallest absolute Gasteiger partial charge is 0.328 e. The first-order valence-electron chi connectivity index (χ1n) is 4.96. The molecule has 0 spiro atoms. The first-order chi connectivity index (χ1) is 7.95. The minimum absolute atomic E-state index is 0.230. The van der Waals surface area contributed by atoms with Crippen LogP contribution in [0.4, 0.5) is 0 Å². The zero-order valence-electron chi connectivity index (χ0n) is 9.78. The van der Waals surface area contributed by atoms with Crippen LogP contribution in [0, 0.1) is 6.92 Å². The van der Waals surface area contributed by atoms with Crippen molar-refractivity contribution in [1.29, 1.82) is 0 Å². The summed E-state index contributed by atoms with van der Waals surface area (Å²) in [5, 5.41) is 2.77. The van der Waals surface area contributed by atoms with Gasteiger partial charge in [0.2, 0.25) is 0 Å². The van der Waals surface area contributed by atoms with Gasteiger partial charge in [-0.2, -0.15) is 0 Å². The van der Waals surface area contributed by atoms with Crippen LogP contribution in [-0.4, -0.2) is 30.0 Å². The lowest BCUT2D eigenvalue weighted by Gasteiger charge is -2.12. The molecule has 0 fully saturated rings. The Morgan fingerprint density at radius 1 is 1.53 bits per heavy atom. The standard InChI is InChI=1S/C11H13ClN2O3/c1-6-4-9(12)8(5-13-6)10(15)14-7(2)11(16)17-3/h4-5,7H,1-3H3,(H,14,15). The first-order valence-corrected chi connectivity index (χ1v) is 5.34. The maximum absolute atomic E-state index is 11.8. The molecular formula is C11H13ClN2O3. The molecule has 6 heteroatoms. The predicted octanol–water partition coefficient (Wildman–Crippen LogP) is 1.33. The van der Waals surface area contributed by atoms with Crippen LogP contribution in [0.25, 0.3) is 0 Å². The number of carbonyl (C=O) groups is 2. The summed E-state index contributed by atoms with van der Waals surface area (Å²) in [6.45, 7) is 3.30. The number of carbonyl (C=O) groups excluding carboxylic acids is 2. The molecule has 1 aromatic heterocycles. The molecule has 0 aliphatic rings. The van der Waals surface area contributed by atoms with Crippen molar-refractivity contribution in [3.8, 4) is 0 Å². The van der Waals surface area contributed by atoms with Gasteiger partial charge in [0.1, 0.15) is 6.04 Å². The number of hydrogen-bond acceptors (Lipinski definition) is 4. The van der Waals surface area contributed by atoms with Crippen molar-refractivity contribution < 1.29 is 14.3 Å². The summed E-state index contributed by atoms with van der Waals surface area (Å²) < 4.78 is 4.50. The topological polar surface area (TPSA) is 68.3 Å². The van der Waals surface area contributed by atoms with Crippen molar-refractivity contribution in [2.45, 2.75) is 19.9 Å². The summed E-state index contributed by atoms with van der Waals surface area (Å²) in [5.41, 5.74) is 0.945. The van der Waals surface area contributed by atoms with Gasteiger partial charge in [-0.1, -0.05) is 11.6 Å². The molecular weight excluding hydrogens is 244 g/mol. The molecule has 1 atom stereocenters. The van der Waals surface area contributed by atoms with E-state index in [0.29, 0.717) is 10.7 Å². The molecule has 1 unspecified atom stereocenters. The monoisotopic (exact) mass is 256 g/mol. The lowest BCUT2D eigenvalue weighted by Crippen LogP contribution is -2.39. The molecule has 1 heterocycles. The van der Waals surface area contributed by atoms with E-state index in [2.05, 4.69) is 15.0 Å². The molecule has 1 N–H and O–H groups in total. The van der Waals surface area contributed by atoms with Crippen LogP contribution in [0.3, 0.4) is 0 Å². The summed E-state index contributed by atoms with van der Waals surface area (Å²) in [7, 11) is 1.26. The highest BCUT2D eigenvalue weighted by atomic mass is 35.5. The van der Waals surface area contributed by atoms with Crippen molar-refractivity contribution in [2.75, 3.05) is 7.11 Å². The second-order valence-corrected chi connectivity index (χ2v) is 3.93. The molecule has 0 radical (unpaired) electrons. The van der Waals surface area contributed by atoms with Gasteiger partial charge < -0.3 is 10.1 Å². The van der Waals surface area contributed by atoms with Crippen molar-refractivity contribution in [3.63, 3.8) is 0 Å². The van der Waals surface area contributed by atoms with Crippen molar-refractivity contribution in [2.24, 2.45) is 0 Å². The highest BCUT2D eigenvalue weighted by molar-refractivity contribution is 6.33. The second-order valence-electron chi connectivity index (χ2n) is 3.52. The second kappa shape index (κ2) is 5.63. The molecule has 17 heavy (non-hydrogen) atoms. The van der Waals surface area contributed by atoms with E-state index in [4.69, 9.17) is 11.6 Å². The quantitative estimate of drug-likeness (QED) is 0.829. The first kappa shape index (κ1) is 13.4. The Kier molecular flexibility index (Phi) is 4.45. The molecule has 1 rings (SSSR count). The van der Waals surface area contributed by atoms with Crippen molar-refractivity contribution in [3.05, 3.63) is 28.5 Å². The Bertz CT molecular complexity index is 448. The van der Waals surface area contributed by atoms with E-state index in [-0.39, 0.29) is 5.56 Å². The molecule has 0 aliphatic heterocycles. The number of ether oxygens (including phenoxy) is 1. The van der Waals surface area contributed by atoms with E-state index in [1.54, 1.807) is 13.0 Å². The third kappa shape index (κ3) is 3.42. The van der Waals surface area contributed by atoms with Crippen LogP contribution in [0.1, 0.15) is 23.0 Å². The Morgan fingerprint density at radius 2 is 2.18 bits per heavy atom. The largest absolute Gasteiger partial charge is 0.467 e. The van der Waals surface area contributed by atoms with E-state index >= 15 is 0 Å². The van der Waals surface area contributed by atoms with E-state index in [1.807, 2.05) is 0 Å². The summed E-state index contributed by atoms with van der Waals surface area (Å²) >= 11 is 5.90. The number of pyridine rings is 1. The normalized spacial score (nSPS) is 11.8. The maximum Gasteiger partial charge on any atom is 0.328 e. The number of aromatic nitrogens is 1. The van der Waals surface area contributed by atoms with E-state index < -0.39 is 17.9 Å². The molecule has 0 aliphatic carbocycles. The van der Waals surface area contributed by atoms with Gasteiger partial charge in [-0.05, 0) is 19.9 Å². The number of esters is 1. The summed E-state index contributed by atoms with van der Waals surface area (Å²) in [4.78, 5) is 26.9. The molecule has 0 saturated heterocycles. The predicted molar refractivity (Wildman–Crippen MR) is 62.9 cm³/mol. The number of methoxy groups -OCH3 is 1. The third-order valence-corrected chi connectivity index (χ3v) is 2.45. The number of halogens is 1. The maximum atomic E-state index is 11.8. The van der Waals surface area contributed by atoms with Gasteiger partial charge in [0.05, 0.1) is 17.7 Å². The van der Waals surface area contributed by atoms with Crippen LogP contribution < -0.4 is 5.32 Å². The van der Waals surface area contributed by atoms with Gasteiger partial charge in [0.25, 0.3) is 5.91 Å².